The number of piperazine rings is 1. The van der Waals surface area contributed by atoms with Crippen molar-refractivity contribution in [1.82, 2.24) is 9.80 Å². The van der Waals surface area contributed by atoms with Crippen molar-refractivity contribution in [1.29, 1.82) is 0 Å². The normalized spacial score (nSPS) is 17.7. The van der Waals surface area contributed by atoms with Gasteiger partial charge in [-0.3, -0.25) is 19.4 Å². The molecule has 1 N–H and O–H groups in total. The zero-order chi connectivity index (χ0) is 23.6. The van der Waals surface area contributed by atoms with Gasteiger partial charge in [0.1, 0.15) is 6.04 Å². The van der Waals surface area contributed by atoms with Crippen molar-refractivity contribution in [2.24, 2.45) is 0 Å². The molecule has 2 aliphatic rings. The van der Waals surface area contributed by atoms with Gasteiger partial charge in [0.15, 0.2) is 17.3 Å². The fraction of sp³-hybridized carbons (Fsp3) is 0.462. The molecule has 0 saturated carbocycles. The van der Waals surface area contributed by atoms with Crippen LogP contribution in [0.5, 0.6) is 11.5 Å². The highest BCUT2D eigenvalue weighted by atomic mass is 16.7. The minimum atomic E-state index is -0.945. The third-order valence-electron chi connectivity index (χ3n) is 6.43. The van der Waals surface area contributed by atoms with Crippen molar-refractivity contribution in [3.8, 4) is 11.5 Å². The molecule has 7 heteroatoms. The molecule has 176 valence electrons. The molecule has 0 bridgehead atoms. The van der Waals surface area contributed by atoms with Crippen LogP contribution in [0.2, 0.25) is 0 Å². The second kappa shape index (κ2) is 9.53. The van der Waals surface area contributed by atoms with Gasteiger partial charge in [-0.2, -0.15) is 0 Å². The largest absolute Gasteiger partial charge is 0.480 e. The Morgan fingerprint density at radius 2 is 1.64 bits per heavy atom. The molecule has 0 aliphatic carbocycles. The number of Topliss-reactive ketones (excluding diaryl/α,β-unsaturated/α-hetero) is 1. The van der Waals surface area contributed by atoms with Gasteiger partial charge in [-0.1, -0.05) is 51.1 Å². The first-order chi connectivity index (χ1) is 15.7. The Hall–Kier alpha value is -2.90. The Balaban J connectivity index is 1.33. The number of carboxylic acids is 1. The van der Waals surface area contributed by atoms with Crippen molar-refractivity contribution in [3.63, 3.8) is 0 Å². The van der Waals surface area contributed by atoms with Gasteiger partial charge in [0.25, 0.3) is 0 Å². The van der Waals surface area contributed by atoms with Crippen molar-refractivity contribution < 1.29 is 24.2 Å². The molecule has 2 aromatic carbocycles. The molecular weight excluding hydrogens is 420 g/mol. The maximum atomic E-state index is 12.8. The number of ketones is 1. The number of nitrogens with zero attached hydrogens (tertiary/aromatic N) is 2. The zero-order valence-corrected chi connectivity index (χ0v) is 19.5. The molecule has 2 aromatic rings. The van der Waals surface area contributed by atoms with Crippen LogP contribution >= 0.6 is 0 Å². The number of hydrogen-bond donors (Lipinski definition) is 1. The van der Waals surface area contributed by atoms with E-state index in [-0.39, 0.29) is 24.4 Å². The second-order valence-corrected chi connectivity index (χ2v) is 9.81. The van der Waals surface area contributed by atoms with Gasteiger partial charge in [0.2, 0.25) is 6.79 Å². The number of ether oxygens (including phenoxy) is 2. The van der Waals surface area contributed by atoms with Gasteiger partial charge in [0, 0.05) is 44.7 Å². The highest BCUT2D eigenvalue weighted by Crippen LogP contribution is 2.33. The van der Waals surface area contributed by atoms with E-state index in [1.807, 2.05) is 47.4 Å². The number of aliphatic carboxylic acids is 1. The summed E-state index contributed by atoms with van der Waals surface area (Å²) in [6, 6.07) is 12.7. The minimum Gasteiger partial charge on any atom is -0.480 e. The zero-order valence-electron chi connectivity index (χ0n) is 19.5. The number of fused-ring (bicyclic) bond motifs is 1. The SMILES string of the molecule is CC(C)(C)c1ccc(C(=O)CC(C(=O)O)N2CCN(Cc3ccc4c(c3)OCO4)CC2)cc1. The number of hydrogen-bond acceptors (Lipinski definition) is 6. The van der Waals surface area contributed by atoms with E-state index < -0.39 is 12.0 Å². The van der Waals surface area contributed by atoms with Crippen LogP contribution in [0.4, 0.5) is 0 Å². The summed E-state index contributed by atoms with van der Waals surface area (Å²) in [5.41, 5.74) is 2.85. The topological polar surface area (TPSA) is 79.3 Å². The summed E-state index contributed by atoms with van der Waals surface area (Å²) >= 11 is 0. The van der Waals surface area contributed by atoms with Crippen LogP contribution in [0.25, 0.3) is 0 Å². The number of carboxylic acid groups (broad SMARTS) is 1. The lowest BCUT2D eigenvalue weighted by Gasteiger charge is -2.37. The van der Waals surface area contributed by atoms with Crippen LogP contribution in [0.3, 0.4) is 0 Å². The van der Waals surface area contributed by atoms with Crippen LogP contribution in [0.1, 0.15) is 48.7 Å². The first-order valence-electron chi connectivity index (χ1n) is 11.4. The van der Waals surface area contributed by atoms with Crippen LogP contribution in [0.15, 0.2) is 42.5 Å². The summed E-state index contributed by atoms with van der Waals surface area (Å²) in [7, 11) is 0. The number of carbonyl (C=O) groups is 2. The van der Waals surface area contributed by atoms with Crippen LogP contribution in [-0.4, -0.2) is 65.7 Å². The van der Waals surface area contributed by atoms with E-state index in [0.29, 0.717) is 18.7 Å². The van der Waals surface area contributed by atoms with Crippen molar-refractivity contribution in [2.75, 3.05) is 33.0 Å². The molecule has 1 unspecified atom stereocenters. The van der Waals surface area contributed by atoms with E-state index in [9.17, 15) is 14.7 Å². The average Bonchev–Trinajstić information content (AvgIpc) is 3.25. The molecule has 0 amide bonds. The van der Waals surface area contributed by atoms with E-state index in [1.165, 1.54) is 0 Å². The molecule has 0 radical (unpaired) electrons. The quantitative estimate of drug-likeness (QED) is 0.644. The fourth-order valence-electron chi connectivity index (χ4n) is 4.35. The Morgan fingerprint density at radius 3 is 2.27 bits per heavy atom. The Labute approximate surface area is 194 Å². The third kappa shape index (κ3) is 5.54. The summed E-state index contributed by atoms with van der Waals surface area (Å²) in [5, 5.41) is 9.83. The summed E-state index contributed by atoms with van der Waals surface area (Å²) < 4.78 is 10.8. The average molecular weight is 453 g/mol. The first-order valence-corrected chi connectivity index (χ1v) is 11.4. The standard InChI is InChI=1S/C26H32N2O5/c1-26(2,3)20-7-5-19(6-8-20)22(29)15-21(25(30)31)28-12-10-27(11-13-28)16-18-4-9-23-24(14-18)33-17-32-23/h4-9,14,21H,10-13,15-17H2,1-3H3,(H,30,31). The van der Waals surface area contributed by atoms with Crippen LogP contribution < -0.4 is 9.47 Å². The number of carbonyl (C=O) groups excluding carboxylic acids is 1. The maximum absolute atomic E-state index is 12.8. The number of benzene rings is 2. The summed E-state index contributed by atoms with van der Waals surface area (Å²) in [4.78, 5) is 29.0. The molecule has 0 spiro atoms. The molecular formula is C26H32N2O5. The molecule has 0 aromatic heterocycles. The van der Waals surface area contributed by atoms with Crippen molar-refractivity contribution in [3.05, 3.63) is 59.2 Å². The van der Waals surface area contributed by atoms with Gasteiger partial charge < -0.3 is 14.6 Å². The maximum Gasteiger partial charge on any atom is 0.321 e. The lowest BCUT2D eigenvalue weighted by Crippen LogP contribution is -2.52. The second-order valence-electron chi connectivity index (χ2n) is 9.81. The highest BCUT2D eigenvalue weighted by molar-refractivity contribution is 5.98. The highest BCUT2D eigenvalue weighted by Gasteiger charge is 2.31. The van der Waals surface area contributed by atoms with E-state index in [2.05, 4.69) is 25.7 Å². The van der Waals surface area contributed by atoms with Gasteiger partial charge >= 0.3 is 5.97 Å². The lowest BCUT2D eigenvalue weighted by molar-refractivity contribution is -0.144. The Morgan fingerprint density at radius 1 is 0.970 bits per heavy atom. The van der Waals surface area contributed by atoms with Gasteiger partial charge in [-0.25, -0.2) is 0 Å². The van der Waals surface area contributed by atoms with Crippen molar-refractivity contribution in [2.45, 2.75) is 45.2 Å². The van der Waals surface area contributed by atoms with Gasteiger partial charge in [-0.05, 0) is 28.7 Å². The predicted molar refractivity (Wildman–Crippen MR) is 125 cm³/mol. The van der Waals surface area contributed by atoms with E-state index in [0.717, 1.165) is 42.3 Å². The predicted octanol–water partition coefficient (Wildman–Crippen LogP) is 3.56. The lowest BCUT2D eigenvalue weighted by atomic mass is 9.86. The molecule has 2 heterocycles. The van der Waals surface area contributed by atoms with Crippen molar-refractivity contribution >= 4 is 11.8 Å². The molecule has 1 atom stereocenters. The third-order valence-corrected chi connectivity index (χ3v) is 6.43. The Bertz CT molecular complexity index is 1000. The molecule has 2 aliphatic heterocycles. The molecule has 1 fully saturated rings. The summed E-state index contributed by atoms with van der Waals surface area (Å²) in [6.45, 7) is 10.1. The molecule has 1 saturated heterocycles. The summed E-state index contributed by atoms with van der Waals surface area (Å²) in [5.74, 6) is 0.459. The molecule has 33 heavy (non-hydrogen) atoms. The Kier molecular flexibility index (Phi) is 6.72. The first kappa shape index (κ1) is 23.3. The van der Waals surface area contributed by atoms with Crippen LogP contribution in [-0.2, 0) is 16.8 Å². The van der Waals surface area contributed by atoms with E-state index >= 15 is 0 Å². The molecule has 7 nitrogen and oxygen atoms in total. The van der Waals surface area contributed by atoms with Crippen LogP contribution in [0, 0.1) is 0 Å². The summed E-state index contributed by atoms with van der Waals surface area (Å²) in [6.07, 6.45) is -0.0215. The van der Waals surface area contributed by atoms with E-state index in [1.54, 1.807) is 0 Å². The fourth-order valence-corrected chi connectivity index (χ4v) is 4.35. The number of rotatable bonds is 7. The van der Waals surface area contributed by atoms with E-state index in [4.69, 9.17) is 9.47 Å². The molecule has 4 rings (SSSR count). The van der Waals surface area contributed by atoms with Gasteiger partial charge in [0.05, 0.1) is 0 Å². The van der Waals surface area contributed by atoms with Gasteiger partial charge in [-0.15, -0.1) is 0 Å². The monoisotopic (exact) mass is 452 g/mol. The smallest absolute Gasteiger partial charge is 0.321 e. The minimum absolute atomic E-state index is 0.00541.